The average Bonchev–Trinajstić information content (AvgIpc) is 3.70. The van der Waals surface area contributed by atoms with Gasteiger partial charge in [0.1, 0.15) is 12.2 Å². The number of methoxy groups -OCH3 is 1. The number of rotatable bonds is 8. The summed E-state index contributed by atoms with van der Waals surface area (Å²) in [5.41, 5.74) is 0.294. The molecule has 0 spiro atoms. The zero-order valence-electron chi connectivity index (χ0n) is 20.3. The van der Waals surface area contributed by atoms with Crippen molar-refractivity contribution >= 4 is 52.2 Å². The van der Waals surface area contributed by atoms with Gasteiger partial charge in [0, 0.05) is 15.8 Å². The van der Waals surface area contributed by atoms with Gasteiger partial charge in [0.2, 0.25) is 0 Å². The second kappa shape index (κ2) is 11.3. The number of carbonyl (C=O) groups is 2. The van der Waals surface area contributed by atoms with E-state index >= 15 is 4.39 Å². The van der Waals surface area contributed by atoms with Crippen LogP contribution in [-0.2, 0) is 22.6 Å². The van der Waals surface area contributed by atoms with Crippen molar-refractivity contribution in [2.75, 3.05) is 12.4 Å². The van der Waals surface area contributed by atoms with Gasteiger partial charge in [0.25, 0.3) is 11.5 Å². The van der Waals surface area contributed by atoms with Crippen LogP contribution in [-0.4, -0.2) is 37.7 Å². The Balaban J connectivity index is 1.65. The van der Waals surface area contributed by atoms with Crippen molar-refractivity contribution in [1.82, 2.24) is 18.7 Å². The molecule has 4 heterocycles. The molecule has 0 fully saturated rings. The topological polar surface area (TPSA) is 108 Å². The molecule has 198 valence electrons. The normalized spacial score (nSPS) is 10.9. The highest BCUT2D eigenvalue weighted by Gasteiger charge is 2.27. The Bertz CT molecular complexity index is 1710. The molecular weight excluding hydrogens is 565 g/mol. The molecule has 1 aromatic carbocycles. The van der Waals surface area contributed by atoms with Crippen molar-refractivity contribution in [3.63, 3.8) is 0 Å². The molecule has 0 aliphatic heterocycles. The molecule has 5 aromatic rings. The molecule has 13 heteroatoms. The fourth-order valence-electron chi connectivity index (χ4n) is 3.89. The molecule has 0 bridgehead atoms. The first-order valence-corrected chi connectivity index (χ1v) is 13.5. The highest BCUT2D eigenvalue weighted by Crippen LogP contribution is 2.30. The summed E-state index contributed by atoms with van der Waals surface area (Å²) in [7, 11) is 1.19. The van der Waals surface area contributed by atoms with Crippen LogP contribution >= 0.6 is 34.5 Å². The molecule has 39 heavy (non-hydrogen) atoms. The van der Waals surface area contributed by atoms with E-state index in [-0.39, 0.29) is 29.3 Å². The molecule has 0 saturated carbocycles. The monoisotopic (exact) mass is 583 g/mol. The van der Waals surface area contributed by atoms with Crippen molar-refractivity contribution < 1.29 is 18.7 Å². The number of carbonyl (C=O) groups excluding carboxylic acids is 2. The molecule has 0 aliphatic carbocycles. The SMILES string of the molecule is COC(=O)Cn1c(-c2nn(C(=O)c3cnsc3)c(NCc3ccc(Cl)s3)c2F)ccc(-c2ccccc2)c1=O. The van der Waals surface area contributed by atoms with E-state index in [4.69, 9.17) is 16.3 Å². The number of nitrogens with zero attached hydrogens (tertiary/aromatic N) is 4. The Kier molecular flexibility index (Phi) is 7.68. The van der Waals surface area contributed by atoms with Crippen molar-refractivity contribution in [1.29, 1.82) is 0 Å². The lowest BCUT2D eigenvalue weighted by Crippen LogP contribution is -2.27. The van der Waals surface area contributed by atoms with Gasteiger partial charge in [0.15, 0.2) is 11.6 Å². The molecule has 0 radical (unpaired) electrons. The van der Waals surface area contributed by atoms with E-state index in [1.807, 2.05) is 6.07 Å². The Morgan fingerprint density at radius 1 is 1.13 bits per heavy atom. The Labute approximate surface area is 234 Å². The lowest BCUT2D eigenvalue weighted by molar-refractivity contribution is -0.141. The first-order valence-electron chi connectivity index (χ1n) is 11.4. The predicted molar refractivity (Wildman–Crippen MR) is 148 cm³/mol. The lowest BCUT2D eigenvalue weighted by Gasteiger charge is -2.13. The fraction of sp³-hybridized carbons (Fsp3) is 0.115. The minimum atomic E-state index is -0.875. The maximum absolute atomic E-state index is 16.1. The van der Waals surface area contributed by atoms with E-state index in [1.54, 1.807) is 36.4 Å². The van der Waals surface area contributed by atoms with E-state index in [2.05, 4.69) is 14.8 Å². The van der Waals surface area contributed by atoms with Gasteiger partial charge < -0.3 is 10.1 Å². The third-order valence-corrected chi connectivity index (χ3v) is 7.59. The van der Waals surface area contributed by atoms with Gasteiger partial charge in [-0.05, 0) is 41.4 Å². The molecule has 5 rings (SSSR count). The van der Waals surface area contributed by atoms with Gasteiger partial charge in [-0.2, -0.15) is 9.78 Å². The standard InChI is InChI=1S/C26H19ClFN5O4S2/c1-37-21(34)13-32-19(9-8-18(26(32)36)15-5-3-2-4-6-15)23-22(28)24(29-12-17-7-10-20(27)39-17)33(31-23)25(35)16-11-30-38-14-16/h2-11,14,29H,12-13H2,1H3. The Morgan fingerprint density at radius 3 is 2.59 bits per heavy atom. The summed E-state index contributed by atoms with van der Waals surface area (Å²) in [6.45, 7) is -0.326. The fourth-order valence-corrected chi connectivity index (χ4v) is 5.42. The smallest absolute Gasteiger partial charge is 0.325 e. The number of halogens is 2. The van der Waals surface area contributed by atoms with Crippen LogP contribution < -0.4 is 10.9 Å². The molecule has 1 N–H and O–H groups in total. The van der Waals surface area contributed by atoms with Gasteiger partial charge in [-0.1, -0.05) is 41.9 Å². The van der Waals surface area contributed by atoms with Gasteiger partial charge >= 0.3 is 5.97 Å². The van der Waals surface area contributed by atoms with Gasteiger partial charge in [-0.3, -0.25) is 19.0 Å². The number of esters is 1. The van der Waals surface area contributed by atoms with Crippen molar-refractivity contribution in [2.45, 2.75) is 13.1 Å². The maximum Gasteiger partial charge on any atom is 0.325 e. The van der Waals surface area contributed by atoms with Gasteiger partial charge in [0.05, 0.1) is 35.4 Å². The quantitative estimate of drug-likeness (QED) is 0.251. The Hall–Kier alpha value is -4.13. The average molecular weight is 584 g/mol. The molecule has 9 nitrogen and oxygen atoms in total. The van der Waals surface area contributed by atoms with Crippen LogP contribution in [0.1, 0.15) is 15.2 Å². The molecule has 0 unspecified atom stereocenters. The zero-order chi connectivity index (χ0) is 27.5. The second-order valence-corrected chi connectivity index (χ2v) is 10.6. The van der Waals surface area contributed by atoms with E-state index < -0.39 is 29.8 Å². The zero-order valence-corrected chi connectivity index (χ0v) is 22.6. The third kappa shape index (κ3) is 5.39. The number of pyridine rings is 1. The summed E-state index contributed by atoms with van der Waals surface area (Å²) >= 11 is 8.39. The van der Waals surface area contributed by atoms with E-state index in [0.717, 1.165) is 25.7 Å². The number of benzene rings is 1. The number of hydrogen-bond acceptors (Lipinski definition) is 9. The number of ether oxygens (including phenoxy) is 1. The predicted octanol–water partition coefficient (Wildman–Crippen LogP) is 5.16. The highest BCUT2D eigenvalue weighted by molar-refractivity contribution is 7.16. The van der Waals surface area contributed by atoms with Crippen LogP contribution in [0, 0.1) is 5.82 Å². The van der Waals surface area contributed by atoms with Crippen LogP contribution in [0.4, 0.5) is 10.2 Å². The van der Waals surface area contributed by atoms with E-state index in [0.29, 0.717) is 15.5 Å². The summed E-state index contributed by atoms with van der Waals surface area (Å²) in [5, 5.41) is 8.71. The second-order valence-electron chi connectivity index (χ2n) is 8.17. The van der Waals surface area contributed by atoms with Crippen molar-refractivity contribution in [3.05, 3.63) is 97.1 Å². The molecule has 4 aromatic heterocycles. The van der Waals surface area contributed by atoms with Crippen LogP contribution in [0.25, 0.3) is 22.5 Å². The molecule has 0 saturated heterocycles. The number of nitrogens with one attached hydrogen (secondary N) is 1. The van der Waals surface area contributed by atoms with Gasteiger partial charge in [-0.15, -0.1) is 11.3 Å². The van der Waals surface area contributed by atoms with E-state index in [9.17, 15) is 14.4 Å². The molecule has 0 amide bonds. The summed E-state index contributed by atoms with van der Waals surface area (Å²) in [6.07, 6.45) is 1.36. The summed E-state index contributed by atoms with van der Waals surface area (Å²) in [4.78, 5) is 39.9. The Morgan fingerprint density at radius 2 is 1.92 bits per heavy atom. The minimum Gasteiger partial charge on any atom is -0.468 e. The molecule has 0 aliphatic rings. The van der Waals surface area contributed by atoms with Crippen molar-refractivity contribution in [2.24, 2.45) is 0 Å². The van der Waals surface area contributed by atoms with Gasteiger partial charge in [-0.25, -0.2) is 8.76 Å². The van der Waals surface area contributed by atoms with Crippen LogP contribution in [0.15, 0.2) is 71.0 Å². The van der Waals surface area contributed by atoms with Crippen LogP contribution in [0.5, 0.6) is 0 Å². The molecular formula is C26H19ClFN5O4S2. The summed E-state index contributed by atoms with van der Waals surface area (Å²) in [6, 6.07) is 15.4. The number of aromatic nitrogens is 4. The lowest BCUT2D eigenvalue weighted by atomic mass is 10.1. The number of anilines is 1. The number of thiophene rings is 1. The first-order chi connectivity index (χ1) is 18.9. The highest BCUT2D eigenvalue weighted by atomic mass is 35.5. The largest absolute Gasteiger partial charge is 0.468 e. The molecule has 0 atom stereocenters. The third-order valence-electron chi connectivity index (χ3n) is 5.77. The maximum atomic E-state index is 16.1. The van der Waals surface area contributed by atoms with E-state index in [1.165, 1.54) is 42.2 Å². The summed E-state index contributed by atoms with van der Waals surface area (Å²) < 4.78 is 27.3. The van der Waals surface area contributed by atoms with Crippen molar-refractivity contribution in [3.8, 4) is 22.5 Å². The summed E-state index contributed by atoms with van der Waals surface area (Å²) in [5.74, 6) is -2.42. The number of hydrogen-bond donors (Lipinski definition) is 1. The minimum absolute atomic E-state index is 0.000192. The van der Waals surface area contributed by atoms with Crippen LogP contribution in [0.3, 0.4) is 0 Å². The van der Waals surface area contributed by atoms with Crippen LogP contribution in [0.2, 0.25) is 4.34 Å². The first kappa shape index (κ1) is 26.5.